The Kier molecular flexibility index (Phi) is 5.34. The summed E-state index contributed by atoms with van der Waals surface area (Å²) >= 11 is 0. The number of β-amino-alcohol motifs (C(OH)–C–C–N with tert-alkyl or cyclic N) is 1. The molecule has 1 N–H and O–H groups in total. The molecule has 3 rings (SSSR count). The van der Waals surface area contributed by atoms with Crippen molar-refractivity contribution >= 4 is 0 Å². The van der Waals surface area contributed by atoms with Crippen LogP contribution in [-0.4, -0.2) is 54.2 Å². The van der Waals surface area contributed by atoms with Crippen molar-refractivity contribution in [1.82, 2.24) is 9.80 Å². The van der Waals surface area contributed by atoms with Crippen molar-refractivity contribution in [1.29, 1.82) is 0 Å². The molecule has 1 atom stereocenters. The number of benzene rings is 2. The quantitative estimate of drug-likeness (QED) is 0.916. The number of aliphatic hydroxyl groups excluding tert-OH is 1. The van der Waals surface area contributed by atoms with Crippen LogP contribution in [0.3, 0.4) is 0 Å². The standard InChI is InChI=1S/C21H28N2O/c1-18-8-6-7-11-20(18)21(2,19-9-4-3-5-10-19)23-14-12-22(13-15-23)16-17-24/h3-11,24H,12-17H2,1-2H3. The van der Waals surface area contributed by atoms with Gasteiger partial charge in [0.05, 0.1) is 12.1 Å². The van der Waals surface area contributed by atoms with Gasteiger partial charge in [0.15, 0.2) is 0 Å². The summed E-state index contributed by atoms with van der Waals surface area (Å²) in [6.45, 7) is 9.63. The van der Waals surface area contributed by atoms with Gasteiger partial charge < -0.3 is 5.11 Å². The predicted molar refractivity (Wildman–Crippen MR) is 99.2 cm³/mol. The molecule has 0 aliphatic carbocycles. The highest BCUT2D eigenvalue weighted by atomic mass is 16.3. The third-order valence-corrected chi connectivity index (χ3v) is 5.43. The molecule has 24 heavy (non-hydrogen) atoms. The summed E-state index contributed by atoms with van der Waals surface area (Å²) in [5, 5.41) is 9.18. The largest absolute Gasteiger partial charge is 0.395 e. The van der Waals surface area contributed by atoms with E-state index in [0.29, 0.717) is 0 Å². The van der Waals surface area contributed by atoms with E-state index in [1.807, 2.05) is 0 Å². The van der Waals surface area contributed by atoms with Gasteiger partial charge in [0.2, 0.25) is 0 Å². The maximum absolute atomic E-state index is 9.18. The van der Waals surface area contributed by atoms with E-state index in [-0.39, 0.29) is 12.1 Å². The average molecular weight is 324 g/mol. The van der Waals surface area contributed by atoms with Crippen LogP contribution in [0.25, 0.3) is 0 Å². The van der Waals surface area contributed by atoms with E-state index in [2.05, 4.69) is 78.2 Å². The fraction of sp³-hybridized carbons (Fsp3) is 0.429. The normalized spacial score (nSPS) is 19.1. The second-order valence-corrected chi connectivity index (χ2v) is 6.81. The lowest BCUT2D eigenvalue weighted by atomic mass is 9.80. The Hall–Kier alpha value is -1.68. The van der Waals surface area contributed by atoms with E-state index < -0.39 is 0 Å². The van der Waals surface area contributed by atoms with Gasteiger partial charge in [0.25, 0.3) is 0 Å². The number of rotatable bonds is 5. The monoisotopic (exact) mass is 324 g/mol. The maximum atomic E-state index is 9.18. The first-order valence-electron chi connectivity index (χ1n) is 8.86. The second kappa shape index (κ2) is 7.47. The molecule has 1 saturated heterocycles. The van der Waals surface area contributed by atoms with Gasteiger partial charge in [-0.25, -0.2) is 0 Å². The first-order valence-corrected chi connectivity index (χ1v) is 8.86. The highest BCUT2D eigenvalue weighted by Gasteiger charge is 2.37. The Morgan fingerprint density at radius 1 is 0.917 bits per heavy atom. The Morgan fingerprint density at radius 3 is 2.17 bits per heavy atom. The molecule has 0 bridgehead atoms. The smallest absolute Gasteiger partial charge is 0.0690 e. The van der Waals surface area contributed by atoms with Gasteiger partial charge in [-0.3, -0.25) is 9.80 Å². The Balaban J connectivity index is 1.97. The summed E-state index contributed by atoms with van der Waals surface area (Å²) in [4.78, 5) is 4.94. The van der Waals surface area contributed by atoms with Crippen LogP contribution < -0.4 is 0 Å². The third kappa shape index (κ3) is 3.25. The van der Waals surface area contributed by atoms with Crippen LogP contribution >= 0.6 is 0 Å². The zero-order chi connectivity index (χ0) is 17.0. The molecular formula is C21H28N2O. The molecule has 0 saturated carbocycles. The molecule has 128 valence electrons. The van der Waals surface area contributed by atoms with Crippen LogP contribution in [0.1, 0.15) is 23.6 Å². The average Bonchev–Trinajstić information content (AvgIpc) is 2.63. The molecule has 0 amide bonds. The van der Waals surface area contributed by atoms with Crippen LogP contribution in [0, 0.1) is 6.92 Å². The summed E-state index contributed by atoms with van der Waals surface area (Å²) in [5.41, 5.74) is 3.93. The molecule has 0 radical (unpaired) electrons. The van der Waals surface area contributed by atoms with E-state index in [4.69, 9.17) is 0 Å². The molecule has 3 heteroatoms. The minimum atomic E-state index is -0.127. The fourth-order valence-corrected chi connectivity index (χ4v) is 3.95. The summed E-state index contributed by atoms with van der Waals surface area (Å²) in [6.07, 6.45) is 0. The van der Waals surface area contributed by atoms with E-state index in [1.165, 1.54) is 16.7 Å². The first kappa shape index (κ1) is 17.2. The number of piperazine rings is 1. The van der Waals surface area contributed by atoms with Gasteiger partial charge in [-0.05, 0) is 30.5 Å². The molecule has 3 nitrogen and oxygen atoms in total. The summed E-state index contributed by atoms with van der Waals surface area (Å²) in [5.74, 6) is 0. The van der Waals surface area contributed by atoms with Crippen molar-refractivity contribution in [3.05, 3.63) is 71.3 Å². The number of nitrogens with zero attached hydrogens (tertiary/aromatic N) is 2. The summed E-state index contributed by atoms with van der Waals surface area (Å²) in [6, 6.07) is 19.6. The number of hydrogen-bond donors (Lipinski definition) is 1. The van der Waals surface area contributed by atoms with Gasteiger partial charge in [-0.15, -0.1) is 0 Å². The zero-order valence-electron chi connectivity index (χ0n) is 14.8. The predicted octanol–water partition coefficient (Wildman–Crippen LogP) is 2.87. The molecular weight excluding hydrogens is 296 g/mol. The van der Waals surface area contributed by atoms with Crippen LogP contribution in [0.5, 0.6) is 0 Å². The summed E-state index contributed by atoms with van der Waals surface area (Å²) in [7, 11) is 0. The molecule has 1 unspecified atom stereocenters. The van der Waals surface area contributed by atoms with Crippen molar-refractivity contribution in [3.63, 3.8) is 0 Å². The molecule has 1 heterocycles. The highest BCUT2D eigenvalue weighted by Crippen LogP contribution is 2.37. The van der Waals surface area contributed by atoms with Crippen molar-refractivity contribution in [2.45, 2.75) is 19.4 Å². The molecule has 0 aromatic heterocycles. The van der Waals surface area contributed by atoms with E-state index in [0.717, 1.165) is 32.7 Å². The van der Waals surface area contributed by atoms with E-state index in [1.54, 1.807) is 0 Å². The Morgan fingerprint density at radius 2 is 1.54 bits per heavy atom. The van der Waals surface area contributed by atoms with Crippen molar-refractivity contribution in [2.75, 3.05) is 39.3 Å². The number of aliphatic hydroxyl groups is 1. The van der Waals surface area contributed by atoms with Gasteiger partial charge in [0, 0.05) is 32.7 Å². The molecule has 2 aromatic carbocycles. The van der Waals surface area contributed by atoms with Gasteiger partial charge in [-0.1, -0.05) is 54.6 Å². The van der Waals surface area contributed by atoms with Crippen LogP contribution in [0.2, 0.25) is 0 Å². The fourth-order valence-electron chi connectivity index (χ4n) is 3.95. The van der Waals surface area contributed by atoms with Gasteiger partial charge >= 0.3 is 0 Å². The van der Waals surface area contributed by atoms with Gasteiger partial charge in [-0.2, -0.15) is 0 Å². The van der Waals surface area contributed by atoms with Crippen molar-refractivity contribution in [3.8, 4) is 0 Å². The van der Waals surface area contributed by atoms with Crippen LogP contribution in [0.15, 0.2) is 54.6 Å². The number of aryl methyl sites for hydroxylation is 1. The minimum Gasteiger partial charge on any atom is -0.395 e. The van der Waals surface area contributed by atoms with E-state index in [9.17, 15) is 5.11 Å². The highest BCUT2D eigenvalue weighted by molar-refractivity contribution is 5.42. The Bertz CT molecular complexity index is 650. The third-order valence-electron chi connectivity index (χ3n) is 5.43. The summed E-state index contributed by atoms with van der Waals surface area (Å²) < 4.78 is 0. The first-order chi connectivity index (χ1) is 11.7. The van der Waals surface area contributed by atoms with Crippen LogP contribution in [-0.2, 0) is 5.54 Å². The zero-order valence-corrected chi connectivity index (χ0v) is 14.8. The Labute approximate surface area is 145 Å². The molecule has 1 fully saturated rings. The molecule has 2 aromatic rings. The lowest BCUT2D eigenvalue weighted by molar-refractivity contribution is 0.0543. The van der Waals surface area contributed by atoms with Crippen molar-refractivity contribution < 1.29 is 5.11 Å². The molecule has 1 aliphatic heterocycles. The second-order valence-electron chi connectivity index (χ2n) is 6.81. The van der Waals surface area contributed by atoms with Crippen LogP contribution in [0.4, 0.5) is 0 Å². The van der Waals surface area contributed by atoms with Crippen molar-refractivity contribution in [2.24, 2.45) is 0 Å². The topological polar surface area (TPSA) is 26.7 Å². The van der Waals surface area contributed by atoms with Gasteiger partial charge in [0.1, 0.15) is 0 Å². The lowest BCUT2D eigenvalue weighted by Crippen LogP contribution is -2.55. The SMILES string of the molecule is Cc1ccccc1C(C)(c1ccccc1)N1CCN(CCO)CC1. The maximum Gasteiger partial charge on any atom is 0.0690 e. The molecule has 1 aliphatic rings. The number of hydrogen-bond acceptors (Lipinski definition) is 3. The minimum absolute atomic E-state index is 0.127. The molecule has 0 spiro atoms. The van der Waals surface area contributed by atoms with E-state index >= 15 is 0 Å². The lowest BCUT2D eigenvalue weighted by Gasteiger charge is -2.47.